The Morgan fingerprint density at radius 3 is 2.67 bits per heavy atom. The lowest BCUT2D eigenvalue weighted by Gasteiger charge is -2.18. The van der Waals surface area contributed by atoms with Crippen LogP contribution in [-0.2, 0) is 16.0 Å². The zero-order valence-electron chi connectivity index (χ0n) is 16.4. The second kappa shape index (κ2) is 9.18. The predicted molar refractivity (Wildman–Crippen MR) is 101 cm³/mol. The molecule has 0 bridgehead atoms. The lowest BCUT2D eigenvalue weighted by Crippen LogP contribution is -2.28. The predicted octanol–water partition coefficient (Wildman–Crippen LogP) is 3.72. The SMILES string of the molecule is O=C(CCC1CCCC1)N1CCC(CCc2noc(C3CCOCC3)n2)C1. The van der Waals surface area contributed by atoms with Gasteiger partial charge in [-0.1, -0.05) is 30.8 Å². The molecule has 2 saturated heterocycles. The quantitative estimate of drug-likeness (QED) is 0.726. The maximum absolute atomic E-state index is 12.5. The number of carbonyl (C=O) groups is 1. The first-order valence-corrected chi connectivity index (χ1v) is 11.0. The molecule has 1 aromatic rings. The van der Waals surface area contributed by atoms with E-state index in [1.807, 2.05) is 0 Å². The lowest BCUT2D eigenvalue weighted by molar-refractivity contribution is -0.130. The minimum absolute atomic E-state index is 0.361. The second-order valence-electron chi connectivity index (χ2n) is 8.66. The molecular weight excluding hydrogens is 342 g/mol. The van der Waals surface area contributed by atoms with Crippen LogP contribution in [0.15, 0.2) is 4.52 Å². The summed E-state index contributed by atoms with van der Waals surface area (Å²) < 4.78 is 10.9. The smallest absolute Gasteiger partial charge is 0.229 e. The monoisotopic (exact) mass is 375 g/mol. The number of hydrogen-bond acceptors (Lipinski definition) is 5. The topological polar surface area (TPSA) is 68.5 Å². The molecule has 27 heavy (non-hydrogen) atoms. The van der Waals surface area contributed by atoms with Crippen LogP contribution < -0.4 is 0 Å². The van der Waals surface area contributed by atoms with Crippen molar-refractivity contribution in [3.05, 3.63) is 11.7 Å². The van der Waals surface area contributed by atoms with E-state index in [2.05, 4.69) is 15.0 Å². The van der Waals surface area contributed by atoms with E-state index in [0.717, 1.165) is 88.9 Å². The van der Waals surface area contributed by atoms with Gasteiger partial charge in [0.15, 0.2) is 5.82 Å². The molecule has 0 N–H and O–H groups in total. The van der Waals surface area contributed by atoms with Crippen molar-refractivity contribution in [1.29, 1.82) is 0 Å². The molecule has 150 valence electrons. The fourth-order valence-electron chi connectivity index (χ4n) is 4.89. The van der Waals surface area contributed by atoms with Crippen LogP contribution in [0.1, 0.15) is 81.8 Å². The molecule has 2 aliphatic heterocycles. The van der Waals surface area contributed by atoms with Gasteiger partial charge in [-0.3, -0.25) is 4.79 Å². The summed E-state index contributed by atoms with van der Waals surface area (Å²) in [5, 5.41) is 4.17. The Balaban J connectivity index is 1.17. The molecule has 1 unspecified atom stereocenters. The Bertz CT molecular complexity index is 606. The van der Waals surface area contributed by atoms with Gasteiger partial charge < -0.3 is 14.2 Å². The molecule has 6 heteroatoms. The first kappa shape index (κ1) is 18.9. The van der Waals surface area contributed by atoms with Gasteiger partial charge in [-0.05, 0) is 43.9 Å². The van der Waals surface area contributed by atoms with Crippen LogP contribution in [0, 0.1) is 11.8 Å². The highest BCUT2D eigenvalue weighted by Gasteiger charge is 2.27. The van der Waals surface area contributed by atoms with Crippen molar-refractivity contribution in [1.82, 2.24) is 15.0 Å². The third kappa shape index (κ3) is 5.09. The standard InChI is InChI=1S/C21H33N3O3/c25-20(8-6-16-3-1-2-4-16)24-12-9-17(15-24)5-7-19-22-21(27-23-19)18-10-13-26-14-11-18/h16-18H,1-15H2. The van der Waals surface area contributed by atoms with Gasteiger partial charge in [0.1, 0.15) is 0 Å². The number of aryl methyl sites for hydroxylation is 1. The van der Waals surface area contributed by atoms with Gasteiger partial charge in [0, 0.05) is 45.1 Å². The molecule has 3 aliphatic rings. The molecule has 1 saturated carbocycles. The van der Waals surface area contributed by atoms with Crippen molar-refractivity contribution in [3.63, 3.8) is 0 Å². The third-order valence-electron chi connectivity index (χ3n) is 6.71. The number of carbonyl (C=O) groups excluding carboxylic acids is 1. The number of ether oxygens (including phenoxy) is 1. The van der Waals surface area contributed by atoms with Crippen LogP contribution in [0.4, 0.5) is 0 Å². The Hall–Kier alpha value is -1.43. The van der Waals surface area contributed by atoms with Crippen LogP contribution in [0.3, 0.4) is 0 Å². The number of nitrogens with zero attached hydrogens (tertiary/aromatic N) is 3. The highest BCUT2D eigenvalue weighted by atomic mass is 16.5. The van der Waals surface area contributed by atoms with Crippen molar-refractivity contribution >= 4 is 5.91 Å². The van der Waals surface area contributed by atoms with E-state index in [1.54, 1.807) is 0 Å². The molecule has 0 spiro atoms. The molecule has 6 nitrogen and oxygen atoms in total. The molecule has 1 aliphatic carbocycles. The Morgan fingerprint density at radius 1 is 1.04 bits per heavy atom. The van der Waals surface area contributed by atoms with Crippen LogP contribution >= 0.6 is 0 Å². The number of hydrogen-bond donors (Lipinski definition) is 0. The van der Waals surface area contributed by atoms with Gasteiger partial charge >= 0.3 is 0 Å². The highest BCUT2D eigenvalue weighted by molar-refractivity contribution is 5.76. The summed E-state index contributed by atoms with van der Waals surface area (Å²) in [6.45, 7) is 3.41. The number of likely N-dealkylation sites (tertiary alicyclic amines) is 1. The molecule has 0 aromatic carbocycles. The van der Waals surface area contributed by atoms with Crippen LogP contribution in [-0.4, -0.2) is 47.3 Å². The maximum atomic E-state index is 12.5. The summed E-state index contributed by atoms with van der Waals surface area (Å²) in [7, 11) is 0. The van der Waals surface area contributed by atoms with Gasteiger partial charge in [-0.15, -0.1) is 0 Å². The molecule has 1 amide bonds. The minimum atomic E-state index is 0.361. The van der Waals surface area contributed by atoms with Gasteiger partial charge in [0.05, 0.1) is 0 Å². The maximum Gasteiger partial charge on any atom is 0.229 e. The van der Waals surface area contributed by atoms with E-state index >= 15 is 0 Å². The molecule has 3 fully saturated rings. The average molecular weight is 376 g/mol. The summed E-state index contributed by atoms with van der Waals surface area (Å²) in [5.41, 5.74) is 0. The summed E-state index contributed by atoms with van der Waals surface area (Å²) in [6.07, 6.45) is 12.2. The molecule has 3 heterocycles. The zero-order valence-corrected chi connectivity index (χ0v) is 16.4. The summed E-state index contributed by atoms with van der Waals surface area (Å²) >= 11 is 0. The van der Waals surface area contributed by atoms with Crippen molar-refractivity contribution in [2.75, 3.05) is 26.3 Å². The summed E-state index contributed by atoms with van der Waals surface area (Å²) in [5.74, 6) is 3.71. The normalized spacial score (nSPS) is 24.7. The minimum Gasteiger partial charge on any atom is -0.381 e. The number of amides is 1. The van der Waals surface area contributed by atoms with E-state index in [-0.39, 0.29) is 0 Å². The average Bonchev–Trinajstić information content (AvgIpc) is 3.47. The molecule has 0 radical (unpaired) electrons. The second-order valence-corrected chi connectivity index (χ2v) is 8.66. The third-order valence-corrected chi connectivity index (χ3v) is 6.71. The van der Waals surface area contributed by atoms with E-state index in [9.17, 15) is 4.79 Å². The summed E-state index contributed by atoms with van der Waals surface area (Å²) in [4.78, 5) is 19.2. The van der Waals surface area contributed by atoms with Gasteiger partial charge in [0.2, 0.25) is 11.8 Å². The fourth-order valence-corrected chi connectivity index (χ4v) is 4.89. The van der Waals surface area contributed by atoms with E-state index in [4.69, 9.17) is 9.26 Å². The Kier molecular flexibility index (Phi) is 6.43. The van der Waals surface area contributed by atoms with Gasteiger partial charge in [0.25, 0.3) is 0 Å². The van der Waals surface area contributed by atoms with E-state index in [1.165, 1.54) is 25.7 Å². The zero-order chi connectivity index (χ0) is 18.5. The number of rotatable bonds is 7. The Labute approximate surface area is 162 Å². The van der Waals surface area contributed by atoms with E-state index in [0.29, 0.717) is 17.7 Å². The van der Waals surface area contributed by atoms with Crippen molar-refractivity contribution in [3.8, 4) is 0 Å². The Morgan fingerprint density at radius 2 is 1.85 bits per heavy atom. The van der Waals surface area contributed by atoms with Crippen molar-refractivity contribution < 1.29 is 14.1 Å². The van der Waals surface area contributed by atoms with Gasteiger partial charge in [-0.2, -0.15) is 4.98 Å². The van der Waals surface area contributed by atoms with E-state index < -0.39 is 0 Å². The summed E-state index contributed by atoms with van der Waals surface area (Å²) in [6, 6.07) is 0. The van der Waals surface area contributed by atoms with Crippen LogP contribution in [0.25, 0.3) is 0 Å². The van der Waals surface area contributed by atoms with Crippen LogP contribution in [0.5, 0.6) is 0 Å². The fraction of sp³-hybridized carbons (Fsp3) is 0.857. The molecular formula is C21H33N3O3. The lowest BCUT2D eigenvalue weighted by atomic mass is 10.0. The first-order chi connectivity index (χ1) is 13.3. The largest absolute Gasteiger partial charge is 0.381 e. The van der Waals surface area contributed by atoms with Gasteiger partial charge in [-0.25, -0.2) is 0 Å². The first-order valence-electron chi connectivity index (χ1n) is 11.0. The van der Waals surface area contributed by atoms with Crippen LogP contribution in [0.2, 0.25) is 0 Å². The molecule has 1 atom stereocenters. The molecule has 1 aromatic heterocycles. The van der Waals surface area contributed by atoms with Crippen molar-refractivity contribution in [2.24, 2.45) is 11.8 Å². The highest BCUT2D eigenvalue weighted by Crippen LogP contribution is 2.30. The number of aromatic nitrogens is 2. The molecule has 4 rings (SSSR count). The van der Waals surface area contributed by atoms with Crippen molar-refractivity contribution in [2.45, 2.75) is 76.5 Å².